The lowest BCUT2D eigenvalue weighted by atomic mass is 10.2. The zero-order valence-electron chi connectivity index (χ0n) is 16.7. The molecule has 1 atom stereocenters. The minimum absolute atomic E-state index is 0.0915. The smallest absolute Gasteiger partial charge is 0.247 e. The lowest BCUT2D eigenvalue weighted by Crippen LogP contribution is -2.01. The molecule has 0 fully saturated rings. The standard InChI is InChI=1S/C21H20ClN5O2S/c1-4-27-18(15-6-5-7-16(22)12-15)23-26-21(27)30-13(2)19-24-25-20(29-19)14-8-10-17(28-3)11-9-14/h5-13H,4H2,1-3H3. The number of benzene rings is 2. The summed E-state index contributed by atoms with van der Waals surface area (Å²) >= 11 is 7.66. The third kappa shape index (κ3) is 4.20. The molecule has 0 radical (unpaired) electrons. The zero-order chi connectivity index (χ0) is 21.1. The normalized spacial score (nSPS) is 12.1. The van der Waals surface area contributed by atoms with Gasteiger partial charge in [-0.1, -0.05) is 35.5 Å². The van der Waals surface area contributed by atoms with Crippen molar-refractivity contribution < 1.29 is 9.15 Å². The van der Waals surface area contributed by atoms with Crippen molar-refractivity contribution in [3.63, 3.8) is 0 Å². The van der Waals surface area contributed by atoms with E-state index in [1.54, 1.807) is 7.11 Å². The SMILES string of the molecule is CCn1c(SC(C)c2nnc(-c3ccc(OC)cc3)o2)nnc1-c1cccc(Cl)c1. The van der Waals surface area contributed by atoms with Crippen LogP contribution in [0.15, 0.2) is 58.1 Å². The number of ether oxygens (including phenoxy) is 1. The van der Waals surface area contributed by atoms with Crippen molar-refractivity contribution in [2.75, 3.05) is 7.11 Å². The summed E-state index contributed by atoms with van der Waals surface area (Å²) in [6.07, 6.45) is 0. The van der Waals surface area contributed by atoms with Crippen molar-refractivity contribution in [2.45, 2.75) is 30.8 Å². The van der Waals surface area contributed by atoms with Crippen molar-refractivity contribution >= 4 is 23.4 Å². The Bertz CT molecular complexity index is 1140. The molecule has 0 spiro atoms. The quantitative estimate of drug-likeness (QED) is 0.349. The fourth-order valence-electron chi connectivity index (χ4n) is 2.96. The Labute approximate surface area is 183 Å². The molecule has 0 N–H and O–H groups in total. The predicted molar refractivity (Wildman–Crippen MR) is 117 cm³/mol. The molecule has 2 heterocycles. The summed E-state index contributed by atoms with van der Waals surface area (Å²) in [5.41, 5.74) is 1.77. The highest BCUT2D eigenvalue weighted by atomic mass is 35.5. The molecule has 2 aromatic carbocycles. The van der Waals surface area contributed by atoms with E-state index in [4.69, 9.17) is 20.8 Å². The average Bonchev–Trinajstić information content (AvgIpc) is 3.41. The Morgan fingerprint density at radius 3 is 2.57 bits per heavy atom. The van der Waals surface area contributed by atoms with Crippen LogP contribution in [0.3, 0.4) is 0 Å². The molecule has 4 aromatic rings. The average molecular weight is 442 g/mol. The maximum atomic E-state index is 6.13. The van der Waals surface area contributed by atoms with Gasteiger partial charge in [-0.3, -0.25) is 0 Å². The highest BCUT2D eigenvalue weighted by Crippen LogP contribution is 2.36. The predicted octanol–water partition coefficient (Wildman–Crippen LogP) is 5.53. The third-order valence-corrected chi connectivity index (χ3v) is 5.83. The van der Waals surface area contributed by atoms with Gasteiger partial charge in [-0.05, 0) is 50.2 Å². The molecule has 0 aliphatic heterocycles. The van der Waals surface area contributed by atoms with Crippen LogP contribution in [0.4, 0.5) is 0 Å². The largest absolute Gasteiger partial charge is 0.497 e. The number of rotatable bonds is 7. The molecule has 2 aromatic heterocycles. The van der Waals surface area contributed by atoms with E-state index in [-0.39, 0.29) is 5.25 Å². The van der Waals surface area contributed by atoms with Crippen LogP contribution in [0.5, 0.6) is 5.75 Å². The van der Waals surface area contributed by atoms with Crippen LogP contribution in [0.2, 0.25) is 5.02 Å². The van der Waals surface area contributed by atoms with E-state index in [9.17, 15) is 0 Å². The third-order valence-electron chi connectivity index (χ3n) is 4.52. The Hall–Kier alpha value is -2.84. The number of hydrogen-bond acceptors (Lipinski definition) is 7. The van der Waals surface area contributed by atoms with Gasteiger partial charge in [0.15, 0.2) is 11.0 Å². The molecule has 9 heteroatoms. The first-order valence-electron chi connectivity index (χ1n) is 9.42. The van der Waals surface area contributed by atoms with Crippen LogP contribution in [0, 0.1) is 0 Å². The van der Waals surface area contributed by atoms with Crippen LogP contribution in [-0.2, 0) is 6.54 Å². The van der Waals surface area contributed by atoms with E-state index in [1.165, 1.54) is 11.8 Å². The van der Waals surface area contributed by atoms with E-state index < -0.39 is 0 Å². The molecule has 0 amide bonds. The second-order valence-corrected chi connectivity index (χ2v) is 8.24. The lowest BCUT2D eigenvalue weighted by molar-refractivity contribution is 0.415. The fourth-order valence-corrected chi connectivity index (χ4v) is 4.09. The number of halogens is 1. The molecular weight excluding hydrogens is 422 g/mol. The molecule has 7 nitrogen and oxygen atoms in total. The summed E-state index contributed by atoms with van der Waals surface area (Å²) in [4.78, 5) is 0. The van der Waals surface area contributed by atoms with Crippen molar-refractivity contribution in [1.82, 2.24) is 25.0 Å². The van der Waals surface area contributed by atoms with Crippen LogP contribution in [0.25, 0.3) is 22.8 Å². The number of nitrogens with zero attached hydrogens (tertiary/aromatic N) is 5. The number of hydrogen-bond donors (Lipinski definition) is 0. The van der Waals surface area contributed by atoms with E-state index in [0.29, 0.717) is 16.8 Å². The summed E-state index contributed by atoms with van der Waals surface area (Å²) in [5, 5.41) is 18.5. The van der Waals surface area contributed by atoms with E-state index >= 15 is 0 Å². The first-order valence-corrected chi connectivity index (χ1v) is 10.7. The molecule has 30 heavy (non-hydrogen) atoms. The van der Waals surface area contributed by atoms with E-state index in [2.05, 4.69) is 27.3 Å². The van der Waals surface area contributed by atoms with E-state index in [0.717, 1.165) is 34.4 Å². The van der Waals surface area contributed by atoms with Gasteiger partial charge in [0.2, 0.25) is 11.8 Å². The first-order chi connectivity index (χ1) is 14.6. The van der Waals surface area contributed by atoms with Crippen molar-refractivity contribution in [1.29, 1.82) is 0 Å². The number of methoxy groups -OCH3 is 1. The van der Waals surface area contributed by atoms with Gasteiger partial charge in [-0.25, -0.2) is 0 Å². The molecular formula is C21H20ClN5O2S. The van der Waals surface area contributed by atoms with Gasteiger partial charge in [0.05, 0.1) is 12.4 Å². The summed E-state index contributed by atoms with van der Waals surface area (Å²) in [6, 6.07) is 15.1. The maximum absolute atomic E-state index is 6.13. The Kier molecular flexibility index (Phi) is 6.06. The summed E-state index contributed by atoms with van der Waals surface area (Å²) in [7, 11) is 1.63. The number of thioether (sulfide) groups is 1. The second kappa shape index (κ2) is 8.89. The molecule has 4 rings (SSSR count). The van der Waals surface area contributed by atoms with Crippen molar-refractivity contribution in [3.8, 4) is 28.6 Å². The van der Waals surface area contributed by atoms with Gasteiger partial charge in [0, 0.05) is 22.7 Å². The van der Waals surface area contributed by atoms with Crippen molar-refractivity contribution in [2.24, 2.45) is 0 Å². The Morgan fingerprint density at radius 1 is 1.07 bits per heavy atom. The summed E-state index contributed by atoms with van der Waals surface area (Å²) in [6.45, 7) is 4.79. The second-order valence-electron chi connectivity index (χ2n) is 6.49. The van der Waals surface area contributed by atoms with Crippen LogP contribution < -0.4 is 4.74 Å². The monoisotopic (exact) mass is 441 g/mol. The summed E-state index contributed by atoms with van der Waals surface area (Å²) < 4.78 is 13.1. The van der Waals surface area contributed by atoms with Crippen LogP contribution in [0.1, 0.15) is 25.0 Å². The molecule has 0 saturated heterocycles. The zero-order valence-corrected chi connectivity index (χ0v) is 18.3. The van der Waals surface area contributed by atoms with Gasteiger partial charge in [0.1, 0.15) is 5.75 Å². The van der Waals surface area contributed by atoms with Crippen molar-refractivity contribution in [3.05, 3.63) is 59.4 Å². The van der Waals surface area contributed by atoms with Gasteiger partial charge in [-0.15, -0.1) is 20.4 Å². The highest BCUT2D eigenvalue weighted by molar-refractivity contribution is 7.99. The minimum Gasteiger partial charge on any atom is -0.497 e. The minimum atomic E-state index is -0.0915. The van der Waals surface area contributed by atoms with Gasteiger partial charge < -0.3 is 13.7 Å². The van der Waals surface area contributed by atoms with Gasteiger partial charge >= 0.3 is 0 Å². The Morgan fingerprint density at radius 2 is 1.87 bits per heavy atom. The molecule has 154 valence electrons. The maximum Gasteiger partial charge on any atom is 0.247 e. The topological polar surface area (TPSA) is 78.9 Å². The van der Waals surface area contributed by atoms with Crippen LogP contribution >= 0.6 is 23.4 Å². The Balaban J connectivity index is 1.54. The van der Waals surface area contributed by atoms with Crippen LogP contribution in [-0.4, -0.2) is 32.1 Å². The van der Waals surface area contributed by atoms with E-state index in [1.807, 2.05) is 60.0 Å². The van der Waals surface area contributed by atoms with Gasteiger partial charge in [0.25, 0.3) is 0 Å². The summed E-state index contributed by atoms with van der Waals surface area (Å²) in [5.74, 6) is 2.55. The highest BCUT2D eigenvalue weighted by Gasteiger charge is 2.21. The molecule has 0 aliphatic rings. The lowest BCUT2D eigenvalue weighted by Gasteiger charge is -2.09. The van der Waals surface area contributed by atoms with Gasteiger partial charge in [-0.2, -0.15) is 0 Å². The number of aromatic nitrogens is 5. The molecule has 0 aliphatic carbocycles. The molecule has 0 saturated carbocycles. The fraction of sp³-hybridized carbons (Fsp3) is 0.238. The first kappa shape index (κ1) is 20.4. The molecule has 1 unspecified atom stereocenters. The molecule has 0 bridgehead atoms.